The standard InChI is InChI=1S/C20H38O3/c1-3-5-6-7-8-9-10-11-12-13-14-15-16-17-19(21)18-20(22)23-4-2/h11-12,19,21H,3-10,13-18H2,1-2H3/b12-11-. The van der Waals surface area contributed by atoms with Gasteiger partial charge in [0.15, 0.2) is 0 Å². The van der Waals surface area contributed by atoms with Gasteiger partial charge in [-0.15, -0.1) is 0 Å². The van der Waals surface area contributed by atoms with E-state index in [1.807, 2.05) is 0 Å². The molecule has 0 aromatic rings. The molecule has 0 radical (unpaired) electrons. The van der Waals surface area contributed by atoms with Gasteiger partial charge in [0, 0.05) is 0 Å². The SMILES string of the molecule is CCCCCCCC/C=C\CCCCCC(O)CC(=O)OCC. The van der Waals surface area contributed by atoms with Crippen LogP contribution in [0.25, 0.3) is 0 Å². The highest BCUT2D eigenvalue weighted by molar-refractivity contribution is 5.69. The van der Waals surface area contributed by atoms with Gasteiger partial charge in [-0.2, -0.15) is 0 Å². The van der Waals surface area contributed by atoms with E-state index < -0.39 is 6.10 Å². The van der Waals surface area contributed by atoms with Crippen molar-refractivity contribution in [3.8, 4) is 0 Å². The molecule has 0 heterocycles. The molecule has 0 aliphatic rings. The Balaban J connectivity index is 3.28. The normalized spacial score (nSPS) is 12.7. The van der Waals surface area contributed by atoms with E-state index in [0.29, 0.717) is 13.0 Å². The zero-order chi connectivity index (χ0) is 17.2. The van der Waals surface area contributed by atoms with Gasteiger partial charge < -0.3 is 9.84 Å². The van der Waals surface area contributed by atoms with Gasteiger partial charge in [0.1, 0.15) is 0 Å². The Kier molecular flexibility index (Phi) is 16.9. The van der Waals surface area contributed by atoms with E-state index in [4.69, 9.17) is 4.74 Å². The number of hydrogen-bond acceptors (Lipinski definition) is 3. The molecule has 3 nitrogen and oxygen atoms in total. The zero-order valence-corrected chi connectivity index (χ0v) is 15.4. The van der Waals surface area contributed by atoms with Gasteiger partial charge in [-0.3, -0.25) is 4.79 Å². The number of unbranched alkanes of at least 4 members (excludes halogenated alkanes) is 9. The molecule has 0 amide bonds. The largest absolute Gasteiger partial charge is 0.466 e. The molecule has 23 heavy (non-hydrogen) atoms. The fourth-order valence-corrected chi connectivity index (χ4v) is 2.61. The van der Waals surface area contributed by atoms with Crippen molar-refractivity contribution in [3.63, 3.8) is 0 Å². The molecular formula is C20H38O3. The van der Waals surface area contributed by atoms with Crippen molar-refractivity contribution < 1.29 is 14.6 Å². The molecule has 1 N–H and O–H groups in total. The van der Waals surface area contributed by atoms with Gasteiger partial charge in [0.05, 0.1) is 19.1 Å². The number of hydrogen-bond donors (Lipinski definition) is 1. The number of aliphatic hydroxyl groups is 1. The summed E-state index contributed by atoms with van der Waals surface area (Å²) in [7, 11) is 0. The second kappa shape index (κ2) is 17.5. The number of esters is 1. The molecule has 1 unspecified atom stereocenters. The quantitative estimate of drug-likeness (QED) is 0.229. The van der Waals surface area contributed by atoms with Gasteiger partial charge in [0.2, 0.25) is 0 Å². The Morgan fingerprint density at radius 2 is 1.48 bits per heavy atom. The first-order valence-electron chi connectivity index (χ1n) is 9.69. The minimum atomic E-state index is -0.544. The molecule has 136 valence electrons. The van der Waals surface area contributed by atoms with Crippen LogP contribution in [-0.2, 0) is 9.53 Å². The van der Waals surface area contributed by atoms with Gasteiger partial charge >= 0.3 is 5.97 Å². The summed E-state index contributed by atoms with van der Waals surface area (Å²) in [6.45, 7) is 4.42. The van der Waals surface area contributed by atoms with E-state index in [1.165, 1.54) is 51.4 Å². The van der Waals surface area contributed by atoms with Crippen LogP contribution in [0.15, 0.2) is 12.2 Å². The second-order valence-corrected chi connectivity index (χ2v) is 6.33. The lowest BCUT2D eigenvalue weighted by molar-refractivity contribution is -0.145. The van der Waals surface area contributed by atoms with Crippen molar-refractivity contribution in [1.82, 2.24) is 0 Å². The highest BCUT2D eigenvalue weighted by atomic mass is 16.5. The van der Waals surface area contributed by atoms with Crippen molar-refractivity contribution in [2.75, 3.05) is 6.61 Å². The fourth-order valence-electron chi connectivity index (χ4n) is 2.61. The molecule has 0 aliphatic carbocycles. The van der Waals surface area contributed by atoms with E-state index in [1.54, 1.807) is 6.92 Å². The topological polar surface area (TPSA) is 46.5 Å². The number of rotatable bonds is 16. The molecule has 0 saturated carbocycles. The fraction of sp³-hybridized carbons (Fsp3) is 0.850. The van der Waals surface area contributed by atoms with Crippen molar-refractivity contribution in [2.45, 2.75) is 103 Å². The molecule has 1 atom stereocenters. The van der Waals surface area contributed by atoms with E-state index in [-0.39, 0.29) is 12.4 Å². The number of allylic oxidation sites excluding steroid dienone is 2. The summed E-state index contributed by atoms with van der Waals surface area (Å²) in [5.74, 6) is -0.294. The van der Waals surface area contributed by atoms with Gasteiger partial charge in [-0.1, -0.05) is 64.0 Å². The molecule has 0 aromatic carbocycles. The molecule has 0 aromatic heterocycles. The monoisotopic (exact) mass is 326 g/mol. The summed E-state index contributed by atoms with van der Waals surface area (Å²) in [5.41, 5.74) is 0. The second-order valence-electron chi connectivity index (χ2n) is 6.33. The lowest BCUT2D eigenvalue weighted by atomic mass is 10.1. The molecule has 0 spiro atoms. The third-order valence-electron chi connectivity index (χ3n) is 4.01. The molecule has 0 rings (SSSR count). The predicted octanol–water partition coefficient (Wildman–Crippen LogP) is 5.56. The predicted molar refractivity (Wildman–Crippen MR) is 97.5 cm³/mol. The summed E-state index contributed by atoms with van der Waals surface area (Å²) in [5, 5.41) is 9.71. The first kappa shape index (κ1) is 22.2. The lowest BCUT2D eigenvalue weighted by Crippen LogP contribution is -2.15. The summed E-state index contributed by atoms with van der Waals surface area (Å²) >= 11 is 0. The Bertz CT molecular complexity index is 287. The third-order valence-corrected chi connectivity index (χ3v) is 4.01. The molecule has 0 bridgehead atoms. The number of carbonyl (C=O) groups excluding carboxylic acids is 1. The van der Waals surface area contributed by atoms with Crippen LogP contribution in [0.3, 0.4) is 0 Å². The van der Waals surface area contributed by atoms with Crippen molar-refractivity contribution in [2.24, 2.45) is 0 Å². The number of carbonyl (C=O) groups is 1. The number of ether oxygens (including phenoxy) is 1. The van der Waals surface area contributed by atoms with Crippen LogP contribution in [0.1, 0.15) is 97.3 Å². The molecule has 0 saturated heterocycles. The minimum absolute atomic E-state index is 0.131. The molecular weight excluding hydrogens is 288 g/mol. The average Bonchev–Trinajstić information content (AvgIpc) is 2.52. The van der Waals surface area contributed by atoms with Crippen LogP contribution in [0.2, 0.25) is 0 Å². The van der Waals surface area contributed by atoms with E-state index in [0.717, 1.165) is 19.3 Å². The van der Waals surface area contributed by atoms with Crippen molar-refractivity contribution >= 4 is 5.97 Å². The number of aliphatic hydroxyl groups excluding tert-OH is 1. The van der Waals surface area contributed by atoms with Crippen molar-refractivity contribution in [1.29, 1.82) is 0 Å². The first-order chi connectivity index (χ1) is 11.2. The Hall–Kier alpha value is -0.830. The maximum Gasteiger partial charge on any atom is 0.308 e. The van der Waals surface area contributed by atoms with Crippen LogP contribution in [0.5, 0.6) is 0 Å². The van der Waals surface area contributed by atoms with Crippen LogP contribution in [-0.4, -0.2) is 23.8 Å². The van der Waals surface area contributed by atoms with E-state index in [2.05, 4.69) is 19.1 Å². The van der Waals surface area contributed by atoms with Crippen LogP contribution in [0.4, 0.5) is 0 Å². The van der Waals surface area contributed by atoms with Crippen LogP contribution in [0, 0.1) is 0 Å². The average molecular weight is 327 g/mol. The van der Waals surface area contributed by atoms with E-state index in [9.17, 15) is 9.90 Å². The van der Waals surface area contributed by atoms with Gasteiger partial charge in [-0.25, -0.2) is 0 Å². The zero-order valence-electron chi connectivity index (χ0n) is 15.4. The van der Waals surface area contributed by atoms with Gasteiger partial charge in [0.25, 0.3) is 0 Å². The molecule has 0 fully saturated rings. The van der Waals surface area contributed by atoms with Crippen LogP contribution >= 0.6 is 0 Å². The highest BCUT2D eigenvalue weighted by Gasteiger charge is 2.10. The Morgan fingerprint density at radius 3 is 2.09 bits per heavy atom. The smallest absolute Gasteiger partial charge is 0.308 e. The van der Waals surface area contributed by atoms with Gasteiger partial charge in [-0.05, 0) is 39.0 Å². The summed E-state index contributed by atoms with van der Waals surface area (Å²) in [4.78, 5) is 11.2. The molecule has 3 heteroatoms. The molecule has 0 aliphatic heterocycles. The highest BCUT2D eigenvalue weighted by Crippen LogP contribution is 2.10. The van der Waals surface area contributed by atoms with Crippen molar-refractivity contribution in [3.05, 3.63) is 12.2 Å². The summed E-state index contributed by atoms with van der Waals surface area (Å²) in [6.07, 6.45) is 18.6. The maximum absolute atomic E-state index is 11.2. The maximum atomic E-state index is 11.2. The van der Waals surface area contributed by atoms with E-state index >= 15 is 0 Å². The Labute approximate surface area is 143 Å². The lowest BCUT2D eigenvalue weighted by Gasteiger charge is -2.09. The summed E-state index contributed by atoms with van der Waals surface area (Å²) < 4.78 is 4.82. The summed E-state index contributed by atoms with van der Waals surface area (Å²) in [6, 6.07) is 0. The third kappa shape index (κ3) is 17.4. The Morgan fingerprint density at radius 1 is 0.913 bits per heavy atom. The van der Waals surface area contributed by atoms with Crippen LogP contribution < -0.4 is 0 Å². The minimum Gasteiger partial charge on any atom is -0.466 e. The first-order valence-corrected chi connectivity index (χ1v) is 9.69.